The number of benzene rings is 2. The van der Waals surface area contributed by atoms with Crippen LogP contribution in [0.4, 0.5) is 17.1 Å². The highest BCUT2D eigenvalue weighted by molar-refractivity contribution is 6.30. The van der Waals surface area contributed by atoms with Crippen molar-refractivity contribution in [3.05, 3.63) is 63.7 Å². The van der Waals surface area contributed by atoms with Crippen molar-refractivity contribution in [2.24, 2.45) is 10.3 Å². The number of piperazine rings is 1. The topological polar surface area (TPSA) is 74.3 Å². The minimum absolute atomic E-state index is 0.0468. The zero-order valence-electron chi connectivity index (χ0n) is 12.9. The minimum atomic E-state index is -0.434. The molecule has 24 heavy (non-hydrogen) atoms. The lowest BCUT2D eigenvalue weighted by Gasteiger charge is -2.33. The van der Waals surface area contributed by atoms with Crippen LogP contribution in [0.15, 0.2) is 58.9 Å². The standard InChI is InChI=1S/C16H16ClN5O2/c17-13-1-5-15(6-2-13)20-9-11-21(12-10-20)19-18-14-3-7-16(8-4-14)22(23)24/h1-8H,9-12H2. The van der Waals surface area contributed by atoms with Crippen LogP contribution in [0.1, 0.15) is 0 Å². The number of halogens is 1. The van der Waals surface area contributed by atoms with Crippen LogP contribution < -0.4 is 4.90 Å². The Hall–Kier alpha value is -2.67. The van der Waals surface area contributed by atoms with Gasteiger partial charge >= 0.3 is 0 Å². The summed E-state index contributed by atoms with van der Waals surface area (Å²) < 4.78 is 0. The van der Waals surface area contributed by atoms with Crippen LogP contribution in [0.2, 0.25) is 5.02 Å². The maximum Gasteiger partial charge on any atom is 0.269 e. The zero-order chi connectivity index (χ0) is 16.9. The van der Waals surface area contributed by atoms with E-state index in [-0.39, 0.29) is 5.69 Å². The summed E-state index contributed by atoms with van der Waals surface area (Å²) in [5.74, 6) is 0. The number of non-ortho nitro benzene ring substituents is 1. The summed E-state index contributed by atoms with van der Waals surface area (Å²) in [5, 5.41) is 21.6. The van der Waals surface area contributed by atoms with Crippen molar-refractivity contribution < 1.29 is 4.92 Å². The van der Waals surface area contributed by atoms with E-state index in [1.807, 2.05) is 29.3 Å². The molecule has 0 bridgehead atoms. The molecular weight excluding hydrogens is 330 g/mol. The lowest BCUT2D eigenvalue weighted by atomic mass is 10.2. The summed E-state index contributed by atoms with van der Waals surface area (Å²) in [5.41, 5.74) is 1.79. The van der Waals surface area contributed by atoms with Crippen molar-refractivity contribution in [1.82, 2.24) is 5.01 Å². The summed E-state index contributed by atoms with van der Waals surface area (Å²) >= 11 is 5.91. The van der Waals surface area contributed by atoms with Crippen LogP contribution in [0.25, 0.3) is 0 Å². The SMILES string of the molecule is O=[N+]([O-])c1ccc(N=NN2CCN(c3ccc(Cl)cc3)CC2)cc1. The number of anilines is 1. The maximum absolute atomic E-state index is 10.6. The molecule has 7 nitrogen and oxygen atoms in total. The average Bonchev–Trinajstić information content (AvgIpc) is 2.61. The van der Waals surface area contributed by atoms with E-state index in [2.05, 4.69) is 15.2 Å². The molecule has 3 rings (SSSR count). The van der Waals surface area contributed by atoms with Gasteiger partial charge in [-0.25, -0.2) is 0 Å². The Morgan fingerprint density at radius 2 is 1.58 bits per heavy atom. The zero-order valence-corrected chi connectivity index (χ0v) is 13.6. The van der Waals surface area contributed by atoms with E-state index in [4.69, 9.17) is 11.6 Å². The summed E-state index contributed by atoms with van der Waals surface area (Å²) in [6, 6.07) is 13.8. The summed E-state index contributed by atoms with van der Waals surface area (Å²) in [7, 11) is 0. The first-order valence-corrected chi connectivity index (χ1v) is 7.91. The van der Waals surface area contributed by atoms with E-state index in [1.165, 1.54) is 12.1 Å². The minimum Gasteiger partial charge on any atom is -0.368 e. The molecule has 1 fully saturated rings. The monoisotopic (exact) mass is 345 g/mol. The Morgan fingerprint density at radius 1 is 0.958 bits per heavy atom. The van der Waals surface area contributed by atoms with Crippen molar-refractivity contribution in [2.45, 2.75) is 0 Å². The first-order chi connectivity index (χ1) is 11.6. The largest absolute Gasteiger partial charge is 0.368 e. The molecule has 0 saturated carbocycles. The van der Waals surface area contributed by atoms with Crippen LogP contribution in [0.5, 0.6) is 0 Å². The molecule has 2 aromatic carbocycles. The first kappa shape index (κ1) is 16.2. The van der Waals surface area contributed by atoms with Crippen molar-refractivity contribution >= 4 is 28.7 Å². The van der Waals surface area contributed by atoms with E-state index < -0.39 is 4.92 Å². The highest BCUT2D eigenvalue weighted by Crippen LogP contribution is 2.21. The highest BCUT2D eigenvalue weighted by atomic mass is 35.5. The van der Waals surface area contributed by atoms with Gasteiger partial charge in [0, 0.05) is 35.9 Å². The number of rotatable bonds is 4. The molecule has 1 saturated heterocycles. The van der Waals surface area contributed by atoms with Gasteiger partial charge in [0.25, 0.3) is 5.69 Å². The molecule has 0 amide bonds. The fourth-order valence-corrected chi connectivity index (χ4v) is 2.58. The van der Waals surface area contributed by atoms with Crippen LogP contribution in [-0.4, -0.2) is 36.1 Å². The van der Waals surface area contributed by atoms with Gasteiger partial charge in [-0.1, -0.05) is 16.8 Å². The van der Waals surface area contributed by atoms with Crippen molar-refractivity contribution in [3.8, 4) is 0 Å². The van der Waals surface area contributed by atoms with Crippen LogP contribution in [0.3, 0.4) is 0 Å². The van der Waals surface area contributed by atoms with Gasteiger partial charge in [0.15, 0.2) is 0 Å². The molecule has 1 heterocycles. The smallest absolute Gasteiger partial charge is 0.269 e. The van der Waals surface area contributed by atoms with E-state index in [9.17, 15) is 10.1 Å². The maximum atomic E-state index is 10.6. The van der Waals surface area contributed by atoms with E-state index >= 15 is 0 Å². The van der Waals surface area contributed by atoms with Gasteiger partial charge in [0.2, 0.25) is 0 Å². The van der Waals surface area contributed by atoms with Gasteiger partial charge in [0.1, 0.15) is 0 Å². The van der Waals surface area contributed by atoms with Gasteiger partial charge in [0.05, 0.1) is 23.7 Å². The normalized spacial score (nSPS) is 15.0. The van der Waals surface area contributed by atoms with Gasteiger partial charge in [-0.15, -0.1) is 5.11 Å². The Balaban J connectivity index is 1.55. The molecule has 0 N–H and O–H groups in total. The molecule has 1 aliphatic rings. The van der Waals surface area contributed by atoms with Gasteiger partial charge in [-0.3, -0.25) is 15.1 Å². The quantitative estimate of drug-likeness (QED) is 0.475. The van der Waals surface area contributed by atoms with Crippen molar-refractivity contribution in [3.63, 3.8) is 0 Å². The molecule has 0 aromatic heterocycles. The van der Waals surface area contributed by atoms with Crippen LogP contribution in [-0.2, 0) is 0 Å². The van der Waals surface area contributed by atoms with E-state index in [0.717, 1.165) is 36.9 Å². The number of hydrogen-bond acceptors (Lipinski definition) is 5. The molecule has 0 radical (unpaired) electrons. The molecule has 0 aliphatic carbocycles. The number of nitro groups is 1. The number of nitro benzene ring substituents is 1. The predicted molar refractivity (Wildman–Crippen MR) is 92.9 cm³/mol. The molecule has 0 spiro atoms. The summed E-state index contributed by atoms with van der Waals surface area (Å²) in [6.07, 6.45) is 0. The Kier molecular flexibility index (Phi) is 4.90. The second-order valence-corrected chi connectivity index (χ2v) is 5.82. The third-order valence-electron chi connectivity index (χ3n) is 3.80. The Labute approximate surface area is 144 Å². The highest BCUT2D eigenvalue weighted by Gasteiger charge is 2.16. The number of hydrogen-bond donors (Lipinski definition) is 0. The van der Waals surface area contributed by atoms with Gasteiger partial charge in [-0.2, -0.15) is 0 Å². The van der Waals surface area contributed by atoms with Crippen molar-refractivity contribution in [1.29, 1.82) is 0 Å². The lowest BCUT2D eigenvalue weighted by molar-refractivity contribution is -0.384. The second-order valence-electron chi connectivity index (χ2n) is 5.38. The van der Waals surface area contributed by atoms with Crippen molar-refractivity contribution in [2.75, 3.05) is 31.1 Å². The van der Waals surface area contributed by atoms with Crippen LogP contribution in [0, 0.1) is 10.1 Å². The van der Waals surface area contributed by atoms with Gasteiger partial charge < -0.3 is 4.90 Å². The fourth-order valence-electron chi connectivity index (χ4n) is 2.45. The summed E-state index contributed by atoms with van der Waals surface area (Å²) in [6.45, 7) is 3.22. The molecule has 1 aliphatic heterocycles. The molecule has 0 atom stereocenters. The predicted octanol–water partition coefficient (Wildman–Crippen LogP) is 4.07. The second kappa shape index (κ2) is 7.27. The molecule has 2 aromatic rings. The third-order valence-corrected chi connectivity index (χ3v) is 4.05. The van der Waals surface area contributed by atoms with E-state index in [0.29, 0.717) is 5.69 Å². The molecular formula is C16H16ClN5O2. The Bertz CT molecular complexity index is 725. The van der Waals surface area contributed by atoms with Crippen LogP contribution >= 0.6 is 11.6 Å². The molecule has 124 valence electrons. The third kappa shape index (κ3) is 3.99. The first-order valence-electron chi connectivity index (χ1n) is 7.53. The molecule has 8 heteroatoms. The van der Waals surface area contributed by atoms with E-state index in [1.54, 1.807) is 12.1 Å². The molecule has 0 unspecified atom stereocenters. The fraction of sp³-hybridized carbons (Fsp3) is 0.250. The number of nitrogens with zero attached hydrogens (tertiary/aromatic N) is 5. The lowest BCUT2D eigenvalue weighted by Crippen LogP contribution is -2.43. The average molecular weight is 346 g/mol. The van der Waals surface area contributed by atoms with Gasteiger partial charge in [-0.05, 0) is 36.4 Å². The summed E-state index contributed by atoms with van der Waals surface area (Å²) in [4.78, 5) is 12.5. The Morgan fingerprint density at radius 3 is 2.17 bits per heavy atom.